The lowest BCUT2D eigenvalue weighted by molar-refractivity contribution is 0.0710. The number of hydrogen-bond donors (Lipinski definition) is 1. The van der Waals surface area contributed by atoms with Gasteiger partial charge in [-0.3, -0.25) is 14.7 Å². The molecule has 9 heteroatoms. The molecular formula is C17H20N6O2S. The number of carbonyl (C=O) groups is 1. The number of aromatic amines is 1. The van der Waals surface area contributed by atoms with Crippen LogP contribution in [0.15, 0.2) is 10.9 Å². The van der Waals surface area contributed by atoms with Crippen LogP contribution in [0.3, 0.4) is 0 Å². The first-order valence-corrected chi connectivity index (χ1v) is 9.40. The first kappa shape index (κ1) is 16.9. The van der Waals surface area contributed by atoms with Crippen LogP contribution in [0.2, 0.25) is 0 Å². The first-order valence-electron chi connectivity index (χ1n) is 8.63. The Morgan fingerprint density at radius 2 is 2.12 bits per heavy atom. The van der Waals surface area contributed by atoms with Crippen molar-refractivity contribution in [3.05, 3.63) is 43.9 Å². The highest BCUT2D eigenvalue weighted by Crippen LogP contribution is 2.28. The fourth-order valence-corrected chi connectivity index (χ4v) is 4.06. The van der Waals surface area contributed by atoms with Crippen molar-refractivity contribution in [1.29, 1.82) is 0 Å². The van der Waals surface area contributed by atoms with Crippen LogP contribution in [0, 0.1) is 20.8 Å². The van der Waals surface area contributed by atoms with Gasteiger partial charge in [0.1, 0.15) is 4.88 Å². The Balaban J connectivity index is 1.63. The van der Waals surface area contributed by atoms with Crippen LogP contribution in [0.5, 0.6) is 0 Å². The lowest BCUT2D eigenvalue weighted by atomic mass is 9.94. The van der Waals surface area contributed by atoms with Crippen LogP contribution in [0.4, 0.5) is 0 Å². The van der Waals surface area contributed by atoms with Gasteiger partial charge < -0.3 is 4.90 Å². The number of fused-ring (bicyclic) bond motifs is 1. The molecule has 3 aromatic heterocycles. The number of hydrogen-bond acceptors (Lipinski definition) is 6. The second-order valence-corrected chi connectivity index (χ2v) is 7.56. The molecule has 1 N–H and O–H groups in total. The maximum absolute atomic E-state index is 12.8. The smallest absolute Gasteiger partial charge is 0.275 e. The fourth-order valence-electron chi connectivity index (χ4n) is 3.43. The highest BCUT2D eigenvalue weighted by atomic mass is 32.1. The summed E-state index contributed by atoms with van der Waals surface area (Å²) in [5.74, 6) is 0.135. The average Bonchev–Trinajstić information content (AvgIpc) is 3.25. The Morgan fingerprint density at radius 3 is 2.85 bits per heavy atom. The van der Waals surface area contributed by atoms with E-state index in [0.717, 1.165) is 42.3 Å². The van der Waals surface area contributed by atoms with E-state index in [4.69, 9.17) is 0 Å². The van der Waals surface area contributed by atoms with Crippen LogP contribution >= 0.6 is 11.5 Å². The molecule has 26 heavy (non-hydrogen) atoms. The standard InChI is InChI=1S/C17H20N6O2S/c1-9-10(2)18-14-7-13(20-23(14)16(9)24)12-5-4-6-22(8-12)17(25)15-11(3)19-21-26-15/h7,12,20H,4-6,8H2,1-3H3. The number of H-pyrrole nitrogens is 1. The number of aromatic nitrogens is 5. The van der Waals surface area contributed by atoms with E-state index in [1.165, 1.54) is 4.52 Å². The Hall–Kier alpha value is -2.55. The number of likely N-dealkylation sites (tertiary alicyclic amines) is 1. The van der Waals surface area contributed by atoms with Crippen molar-refractivity contribution in [3.63, 3.8) is 0 Å². The molecular weight excluding hydrogens is 352 g/mol. The largest absolute Gasteiger partial charge is 0.337 e. The number of nitrogens with one attached hydrogen (secondary N) is 1. The summed E-state index contributed by atoms with van der Waals surface area (Å²) in [5.41, 5.74) is 3.55. The topological polar surface area (TPSA) is 96.2 Å². The zero-order valence-corrected chi connectivity index (χ0v) is 15.8. The maximum atomic E-state index is 12.8. The molecule has 1 amide bonds. The highest BCUT2D eigenvalue weighted by molar-refractivity contribution is 7.07. The van der Waals surface area contributed by atoms with E-state index >= 15 is 0 Å². The molecule has 1 atom stereocenters. The van der Waals surface area contributed by atoms with E-state index in [2.05, 4.69) is 19.7 Å². The number of nitrogens with zero attached hydrogens (tertiary/aromatic N) is 5. The third-order valence-electron chi connectivity index (χ3n) is 5.10. The number of amides is 1. The van der Waals surface area contributed by atoms with Crippen LogP contribution in [-0.4, -0.2) is 48.1 Å². The van der Waals surface area contributed by atoms with Crippen molar-refractivity contribution in [2.75, 3.05) is 13.1 Å². The summed E-state index contributed by atoms with van der Waals surface area (Å²) in [7, 11) is 0. The fraction of sp³-hybridized carbons (Fsp3) is 0.471. The molecule has 1 saturated heterocycles. The maximum Gasteiger partial charge on any atom is 0.275 e. The third-order valence-corrected chi connectivity index (χ3v) is 5.91. The van der Waals surface area contributed by atoms with Crippen molar-refractivity contribution in [3.8, 4) is 0 Å². The van der Waals surface area contributed by atoms with Crippen LogP contribution in [0.25, 0.3) is 5.65 Å². The quantitative estimate of drug-likeness (QED) is 0.740. The Morgan fingerprint density at radius 1 is 1.31 bits per heavy atom. The zero-order valence-electron chi connectivity index (χ0n) is 14.9. The zero-order chi connectivity index (χ0) is 18.4. The normalized spacial score (nSPS) is 17.8. The average molecular weight is 372 g/mol. The van der Waals surface area contributed by atoms with E-state index in [0.29, 0.717) is 28.3 Å². The summed E-state index contributed by atoms with van der Waals surface area (Å²) < 4.78 is 5.36. The molecule has 1 aliphatic rings. The Bertz CT molecular complexity index is 1050. The Kier molecular flexibility index (Phi) is 4.10. The van der Waals surface area contributed by atoms with Gasteiger partial charge in [0, 0.05) is 42.0 Å². The predicted octanol–water partition coefficient (Wildman–Crippen LogP) is 1.82. The summed E-state index contributed by atoms with van der Waals surface area (Å²) >= 11 is 1.14. The van der Waals surface area contributed by atoms with E-state index in [1.807, 2.05) is 17.9 Å². The number of rotatable bonds is 2. The molecule has 0 spiro atoms. The lowest BCUT2D eigenvalue weighted by Crippen LogP contribution is -2.39. The van der Waals surface area contributed by atoms with Gasteiger partial charge in [-0.05, 0) is 45.1 Å². The summed E-state index contributed by atoms with van der Waals surface area (Å²) in [5, 5.41) is 7.12. The minimum Gasteiger partial charge on any atom is -0.337 e. The van der Waals surface area contributed by atoms with E-state index < -0.39 is 0 Å². The SMILES string of the molecule is Cc1nnsc1C(=O)N1CCCC(c2cc3nc(C)c(C)c(=O)n3[nH]2)C1. The van der Waals surface area contributed by atoms with Crippen LogP contribution < -0.4 is 5.56 Å². The van der Waals surface area contributed by atoms with Crippen molar-refractivity contribution >= 4 is 23.1 Å². The molecule has 136 valence electrons. The van der Waals surface area contributed by atoms with Crippen molar-refractivity contribution in [2.24, 2.45) is 0 Å². The van der Waals surface area contributed by atoms with Gasteiger partial charge >= 0.3 is 0 Å². The molecule has 8 nitrogen and oxygen atoms in total. The first-order chi connectivity index (χ1) is 12.5. The minimum atomic E-state index is -0.0751. The van der Waals surface area contributed by atoms with Crippen molar-refractivity contribution in [2.45, 2.75) is 39.5 Å². The summed E-state index contributed by atoms with van der Waals surface area (Å²) in [6, 6.07) is 1.92. The highest BCUT2D eigenvalue weighted by Gasteiger charge is 2.28. The molecule has 4 rings (SSSR count). The molecule has 3 aromatic rings. The van der Waals surface area contributed by atoms with Gasteiger partial charge in [-0.2, -0.15) is 0 Å². The predicted molar refractivity (Wildman–Crippen MR) is 97.8 cm³/mol. The van der Waals surface area contributed by atoms with Gasteiger partial charge in [-0.1, -0.05) is 4.49 Å². The molecule has 0 aliphatic carbocycles. The molecule has 1 aliphatic heterocycles. The van der Waals surface area contributed by atoms with Crippen LogP contribution in [0.1, 0.15) is 51.1 Å². The van der Waals surface area contributed by atoms with Gasteiger partial charge in [0.25, 0.3) is 11.5 Å². The third kappa shape index (κ3) is 2.72. The van der Waals surface area contributed by atoms with Gasteiger partial charge in [-0.25, -0.2) is 9.50 Å². The Labute approximate surface area is 154 Å². The number of aryl methyl sites for hydroxylation is 2. The van der Waals surface area contributed by atoms with Crippen molar-refractivity contribution in [1.82, 2.24) is 29.1 Å². The summed E-state index contributed by atoms with van der Waals surface area (Å²) in [6.07, 6.45) is 1.88. The molecule has 1 fully saturated rings. The molecule has 1 unspecified atom stereocenters. The molecule has 0 saturated carbocycles. The van der Waals surface area contributed by atoms with Crippen LogP contribution in [-0.2, 0) is 0 Å². The molecule has 0 radical (unpaired) electrons. The molecule has 0 aromatic carbocycles. The second-order valence-electron chi connectivity index (χ2n) is 6.81. The summed E-state index contributed by atoms with van der Waals surface area (Å²) in [4.78, 5) is 32.1. The van der Waals surface area contributed by atoms with E-state index in [9.17, 15) is 9.59 Å². The minimum absolute atomic E-state index is 0.0136. The van der Waals surface area contributed by atoms with E-state index in [-0.39, 0.29) is 17.4 Å². The lowest BCUT2D eigenvalue weighted by Gasteiger charge is -2.31. The number of piperidine rings is 1. The molecule has 4 heterocycles. The van der Waals surface area contributed by atoms with Gasteiger partial charge in [-0.15, -0.1) is 5.10 Å². The number of carbonyl (C=O) groups excluding carboxylic acids is 1. The summed E-state index contributed by atoms with van der Waals surface area (Å²) in [6.45, 7) is 6.76. The monoisotopic (exact) mass is 372 g/mol. The second kappa shape index (κ2) is 6.31. The van der Waals surface area contributed by atoms with Crippen molar-refractivity contribution < 1.29 is 4.79 Å². The van der Waals surface area contributed by atoms with Gasteiger partial charge in [0.05, 0.1) is 5.69 Å². The van der Waals surface area contributed by atoms with Gasteiger partial charge in [0.2, 0.25) is 0 Å². The van der Waals surface area contributed by atoms with E-state index in [1.54, 1.807) is 13.8 Å². The molecule has 0 bridgehead atoms. The van der Waals surface area contributed by atoms with Gasteiger partial charge in [0.15, 0.2) is 5.65 Å².